The van der Waals surface area contributed by atoms with Crippen molar-refractivity contribution in [1.82, 2.24) is 10.6 Å². The first-order valence-electron chi connectivity index (χ1n) is 15.4. The molecule has 1 heterocycles. The number of methoxy groups -OCH3 is 1. The van der Waals surface area contributed by atoms with Crippen LogP contribution in [0.5, 0.6) is 11.5 Å². The number of rotatable bonds is 16. The van der Waals surface area contributed by atoms with Gasteiger partial charge >= 0.3 is 0 Å². The van der Waals surface area contributed by atoms with Crippen LogP contribution < -0.4 is 25.4 Å². The fraction of sp³-hybridized carbons (Fsp3) is 0.429. The van der Waals surface area contributed by atoms with Gasteiger partial charge in [-0.2, -0.15) is 0 Å². The van der Waals surface area contributed by atoms with Crippen molar-refractivity contribution in [2.75, 3.05) is 45.3 Å². The normalized spacial score (nSPS) is 17.0. The Morgan fingerprint density at radius 1 is 0.977 bits per heavy atom. The highest BCUT2D eigenvalue weighted by molar-refractivity contribution is 5.94. The van der Waals surface area contributed by atoms with Crippen LogP contribution in [0.3, 0.4) is 0 Å². The van der Waals surface area contributed by atoms with E-state index in [1.54, 1.807) is 14.0 Å². The van der Waals surface area contributed by atoms with Crippen molar-refractivity contribution < 1.29 is 28.5 Å². The molecule has 9 nitrogen and oxygen atoms in total. The third-order valence-electron chi connectivity index (χ3n) is 7.68. The molecule has 4 rings (SSSR count). The molecule has 44 heavy (non-hydrogen) atoms. The Kier molecular flexibility index (Phi) is 13.0. The van der Waals surface area contributed by atoms with Crippen LogP contribution in [0.2, 0.25) is 0 Å². The van der Waals surface area contributed by atoms with Crippen LogP contribution in [0.25, 0.3) is 0 Å². The molecule has 3 aromatic carbocycles. The van der Waals surface area contributed by atoms with Gasteiger partial charge in [0.1, 0.15) is 17.6 Å². The summed E-state index contributed by atoms with van der Waals surface area (Å²) in [5.74, 6) is 1.54. The van der Waals surface area contributed by atoms with Crippen LogP contribution >= 0.6 is 0 Å². The lowest BCUT2D eigenvalue weighted by Gasteiger charge is -2.34. The van der Waals surface area contributed by atoms with E-state index in [1.807, 2.05) is 60.7 Å². The van der Waals surface area contributed by atoms with Gasteiger partial charge in [-0.25, -0.2) is 0 Å². The molecule has 3 N–H and O–H groups in total. The highest BCUT2D eigenvalue weighted by Crippen LogP contribution is 2.30. The van der Waals surface area contributed by atoms with E-state index in [0.29, 0.717) is 39.3 Å². The standard InChI is InChI=1S/C35H45N3O6/c1-25(35(40)38-32-11-6-4-9-28(32)17-20-37-26(2)39)44-34-23-36-19-18-31(34)27-13-15-30(16-14-27)43-22-8-21-42-24-29-10-5-7-12-33(29)41-3/h4-7,9-16,25,31,34,36H,8,17-24H2,1-3H3,(H,37,39)(H,38,40)/t25-,31-,34+/m1/s1. The fourth-order valence-electron chi connectivity index (χ4n) is 5.31. The molecule has 0 saturated carbocycles. The zero-order chi connectivity index (χ0) is 31.1. The number of hydrogen-bond acceptors (Lipinski definition) is 7. The molecule has 0 radical (unpaired) electrons. The zero-order valence-corrected chi connectivity index (χ0v) is 26.0. The van der Waals surface area contributed by atoms with Gasteiger partial charge in [0.05, 0.1) is 33.0 Å². The van der Waals surface area contributed by atoms with Crippen molar-refractivity contribution in [3.8, 4) is 11.5 Å². The van der Waals surface area contributed by atoms with Gasteiger partial charge < -0.3 is 34.9 Å². The molecule has 0 bridgehead atoms. The maximum atomic E-state index is 13.1. The molecule has 1 saturated heterocycles. The summed E-state index contributed by atoms with van der Waals surface area (Å²) >= 11 is 0. The van der Waals surface area contributed by atoms with E-state index in [2.05, 4.69) is 28.1 Å². The van der Waals surface area contributed by atoms with Gasteiger partial charge in [-0.15, -0.1) is 0 Å². The Hall–Kier alpha value is -3.92. The Morgan fingerprint density at radius 3 is 2.50 bits per heavy atom. The molecule has 2 amide bonds. The molecule has 0 spiro atoms. The number of carbonyl (C=O) groups excluding carboxylic acids is 2. The van der Waals surface area contributed by atoms with Gasteiger partial charge in [-0.05, 0) is 61.7 Å². The van der Waals surface area contributed by atoms with Crippen LogP contribution in [0.4, 0.5) is 5.69 Å². The minimum Gasteiger partial charge on any atom is -0.496 e. The van der Waals surface area contributed by atoms with E-state index >= 15 is 0 Å². The molecule has 3 atom stereocenters. The van der Waals surface area contributed by atoms with Crippen molar-refractivity contribution in [3.05, 3.63) is 89.5 Å². The van der Waals surface area contributed by atoms with Gasteiger partial charge in [0.2, 0.25) is 5.91 Å². The molecule has 1 aliphatic rings. The van der Waals surface area contributed by atoms with E-state index in [1.165, 1.54) is 12.5 Å². The topological polar surface area (TPSA) is 107 Å². The minimum atomic E-state index is -0.640. The predicted molar refractivity (Wildman–Crippen MR) is 171 cm³/mol. The molecule has 1 aliphatic heterocycles. The van der Waals surface area contributed by atoms with E-state index in [0.717, 1.165) is 47.7 Å². The average Bonchev–Trinajstić information content (AvgIpc) is 3.04. The van der Waals surface area contributed by atoms with Gasteiger partial charge in [0.15, 0.2) is 0 Å². The lowest BCUT2D eigenvalue weighted by molar-refractivity contribution is -0.131. The Labute approximate surface area is 260 Å². The smallest absolute Gasteiger partial charge is 0.253 e. The molecular weight excluding hydrogens is 558 g/mol. The number of nitrogens with one attached hydrogen (secondary N) is 3. The first-order valence-corrected chi connectivity index (χ1v) is 15.4. The van der Waals surface area contributed by atoms with E-state index in [4.69, 9.17) is 18.9 Å². The number of para-hydroxylation sites is 2. The summed E-state index contributed by atoms with van der Waals surface area (Å²) in [5.41, 5.74) is 3.89. The third kappa shape index (κ3) is 10.1. The van der Waals surface area contributed by atoms with E-state index in [-0.39, 0.29) is 23.8 Å². The Balaban J connectivity index is 1.23. The molecule has 0 aliphatic carbocycles. The quantitative estimate of drug-likeness (QED) is 0.201. The van der Waals surface area contributed by atoms with Gasteiger partial charge in [0, 0.05) is 43.6 Å². The minimum absolute atomic E-state index is 0.0754. The Morgan fingerprint density at radius 2 is 1.73 bits per heavy atom. The summed E-state index contributed by atoms with van der Waals surface area (Å²) in [4.78, 5) is 24.4. The predicted octanol–water partition coefficient (Wildman–Crippen LogP) is 4.85. The van der Waals surface area contributed by atoms with Crippen molar-refractivity contribution in [2.45, 2.75) is 57.8 Å². The molecule has 0 aromatic heterocycles. The van der Waals surface area contributed by atoms with Crippen LogP contribution in [0, 0.1) is 0 Å². The number of ether oxygens (including phenoxy) is 4. The number of amides is 2. The summed E-state index contributed by atoms with van der Waals surface area (Å²) in [6.45, 7) is 7.01. The van der Waals surface area contributed by atoms with Crippen molar-refractivity contribution in [1.29, 1.82) is 0 Å². The maximum Gasteiger partial charge on any atom is 0.253 e. The summed E-state index contributed by atoms with van der Waals surface area (Å²) < 4.78 is 23.5. The fourth-order valence-corrected chi connectivity index (χ4v) is 5.31. The van der Waals surface area contributed by atoms with E-state index in [9.17, 15) is 9.59 Å². The number of piperidine rings is 1. The second-order valence-electron chi connectivity index (χ2n) is 10.9. The molecule has 236 valence electrons. The summed E-state index contributed by atoms with van der Waals surface area (Å²) in [5, 5.41) is 9.23. The summed E-state index contributed by atoms with van der Waals surface area (Å²) in [6, 6.07) is 23.7. The van der Waals surface area contributed by atoms with Crippen LogP contribution in [0.1, 0.15) is 49.3 Å². The SMILES string of the molecule is COc1ccccc1COCCCOc1ccc([C@H]2CCNC[C@@H]2O[C@H](C)C(=O)Nc2ccccc2CCNC(C)=O)cc1. The zero-order valence-electron chi connectivity index (χ0n) is 26.0. The van der Waals surface area contributed by atoms with Gasteiger partial charge in [-0.3, -0.25) is 9.59 Å². The lowest BCUT2D eigenvalue weighted by Crippen LogP contribution is -2.44. The maximum absolute atomic E-state index is 13.1. The monoisotopic (exact) mass is 603 g/mol. The number of benzene rings is 3. The van der Waals surface area contributed by atoms with Crippen molar-refractivity contribution in [3.63, 3.8) is 0 Å². The summed E-state index contributed by atoms with van der Waals surface area (Å²) in [6.07, 6.45) is 1.53. The third-order valence-corrected chi connectivity index (χ3v) is 7.68. The lowest BCUT2D eigenvalue weighted by atomic mass is 9.87. The van der Waals surface area contributed by atoms with Gasteiger partial charge in [-0.1, -0.05) is 48.5 Å². The highest BCUT2D eigenvalue weighted by Gasteiger charge is 2.30. The largest absolute Gasteiger partial charge is 0.496 e. The number of carbonyl (C=O) groups is 2. The second-order valence-corrected chi connectivity index (χ2v) is 10.9. The first-order chi connectivity index (χ1) is 21.4. The van der Waals surface area contributed by atoms with Crippen molar-refractivity contribution in [2.24, 2.45) is 0 Å². The molecule has 3 aromatic rings. The Bertz CT molecular complexity index is 1330. The van der Waals surface area contributed by atoms with Crippen LogP contribution in [-0.4, -0.2) is 64.0 Å². The number of hydrogen-bond donors (Lipinski definition) is 3. The van der Waals surface area contributed by atoms with E-state index < -0.39 is 6.10 Å². The van der Waals surface area contributed by atoms with Crippen LogP contribution in [0.15, 0.2) is 72.8 Å². The second kappa shape index (κ2) is 17.4. The van der Waals surface area contributed by atoms with Crippen molar-refractivity contribution >= 4 is 17.5 Å². The molecule has 0 unspecified atom stereocenters. The molecule has 1 fully saturated rings. The first kappa shape index (κ1) is 33.0. The molecule has 9 heteroatoms. The number of anilines is 1. The average molecular weight is 604 g/mol. The summed E-state index contributed by atoms with van der Waals surface area (Å²) in [7, 11) is 1.66. The van der Waals surface area contributed by atoms with Gasteiger partial charge in [0.25, 0.3) is 5.91 Å². The molecular formula is C35H45N3O6. The highest BCUT2D eigenvalue weighted by atomic mass is 16.5. The van der Waals surface area contributed by atoms with Crippen LogP contribution in [-0.2, 0) is 32.1 Å².